The van der Waals surface area contributed by atoms with Crippen LogP contribution in [0.4, 0.5) is 5.82 Å². The van der Waals surface area contributed by atoms with Gasteiger partial charge >= 0.3 is 0 Å². The van der Waals surface area contributed by atoms with Gasteiger partial charge in [0.2, 0.25) is 11.0 Å². The molecular weight excluding hydrogens is 314 g/mol. The lowest BCUT2D eigenvalue weighted by Gasteiger charge is -2.14. The normalized spacial score (nSPS) is 11.9. The molecule has 0 aliphatic carbocycles. The van der Waals surface area contributed by atoms with Crippen molar-refractivity contribution in [3.8, 4) is 5.13 Å². The second-order valence-electron chi connectivity index (χ2n) is 5.83. The van der Waals surface area contributed by atoms with E-state index in [1.807, 2.05) is 6.92 Å². The van der Waals surface area contributed by atoms with Gasteiger partial charge in [-0.05, 0) is 20.8 Å². The van der Waals surface area contributed by atoms with Crippen LogP contribution in [0.1, 0.15) is 31.3 Å². The highest BCUT2D eigenvalue weighted by atomic mass is 32.1. The maximum absolute atomic E-state index is 11.2. The van der Waals surface area contributed by atoms with E-state index in [9.17, 15) is 9.90 Å². The molecule has 3 aromatic heterocycles. The van der Waals surface area contributed by atoms with E-state index in [1.54, 1.807) is 37.0 Å². The minimum Gasteiger partial charge on any atom is -0.384 e. The van der Waals surface area contributed by atoms with Crippen LogP contribution in [0.2, 0.25) is 0 Å². The maximum atomic E-state index is 11.2. The van der Waals surface area contributed by atoms with Crippen molar-refractivity contribution < 1.29 is 9.90 Å². The first-order valence-electron chi connectivity index (χ1n) is 7.08. The molecule has 3 aromatic rings. The fourth-order valence-electron chi connectivity index (χ4n) is 2.36. The van der Waals surface area contributed by atoms with E-state index in [4.69, 9.17) is 0 Å². The number of aryl methyl sites for hydroxylation is 1. The molecule has 0 aliphatic heterocycles. The van der Waals surface area contributed by atoms with Crippen LogP contribution in [0.15, 0.2) is 18.5 Å². The number of thiazole rings is 1. The van der Waals surface area contributed by atoms with Gasteiger partial charge in [-0.1, -0.05) is 11.3 Å². The summed E-state index contributed by atoms with van der Waals surface area (Å²) in [6, 6.07) is 1.75. The number of aliphatic hydroxyl groups is 1. The van der Waals surface area contributed by atoms with Crippen molar-refractivity contribution in [3.05, 3.63) is 29.0 Å². The predicted molar refractivity (Wildman–Crippen MR) is 88.8 cm³/mol. The highest BCUT2D eigenvalue weighted by molar-refractivity contribution is 7.14. The summed E-state index contributed by atoms with van der Waals surface area (Å²) in [5, 5.41) is 18.7. The number of amides is 1. The number of rotatable bonds is 3. The van der Waals surface area contributed by atoms with Gasteiger partial charge in [-0.2, -0.15) is 5.10 Å². The Morgan fingerprint density at radius 2 is 2.13 bits per heavy atom. The summed E-state index contributed by atoms with van der Waals surface area (Å²) in [5.41, 5.74) is 0.419. The van der Waals surface area contributed by atoms with E-state index in [0.29, 0.717) is 16.6 Å². The fraction of sp³-hybridized carbons (Fsp3) is 0.333. The van der Waals surface area contributed by atoms with E-state index in [2.05, 4.69) is 20.4 Å². The van der Waals surface area contributed by atoms with Gasteiger partial charge in [0.1, 0.15) is 11.4 Å². The Kier molecular flexibility index (Phi) is 3.65. The van der Waals surface area contributed by atoms with Crippen molar-refractivity contribution in [2.75, 3.05) is 5.32 Å². The average molecular weight is 331 g/mol. The molecule has 0 aromatic carbocycles. The van der Waals surface area contributed by atoms with Crippen LogP contribution < -0.4 is 5.32 Å². The van der Waals surface area contributed by atoms with Crippen LogP contribution in [0.25, 0.3) is 16.0 Å². The molecule has 0 saturated carbocycles. The second-order valence-corrected chi connectivity index (χ2v) is 7.01. The predicted octanol–water partition coefficient (Wildman–Crippen LogP) is 2.37. The van der Waals surface area contributed by atoms with Crippen LogP contribution >= 0.6 is 11.3 Å². The van der Waals surface area contributed by atoms with Gasteiger partial charge in [0.15, 0.2) is 0 Å². The van der Waals surface area contributed by atoms with Crippen LogP contribution in [0.5, 0.6) is 0 Å². The lowest BCUT2D eigenvalue weighted by Crippen LogP contribution is -2.17. The van der Waals surface area contributed by atoms with Crippen LogP contribution in [0, 0.1) is 6.92 Å². The standard InChI is InChI=1S/C15H17N5O2S/c1-8-13(15(3,4)22)19-14(23-8)20-11-5-12(18-9(2)21)16-6-10(11)7-17-20/h5-7,22H,1-4H3,(H,16,18,21). The Hall–Kier alpha value is -2.32. The number of hydrogen-bond donors (Lipinski definition) is 2. The number of fused-ring (bicyclic) bond motifs is 1. The summed E-state index contributed by atoms with van der Waals surface area (Å²) in [7, 11) is 0. The number of anilines is 1. The topological polar surface area (TPSA) is 92.9 Å². The van der Waals surface area contributed by atoms with Crippen molar-refractivity contribution in [1.29, 1.82) is 0 Å². The number of carbonyl (C=O) groups excluding carboxylic acids is 1. The van der Waals surface area contributed by atoms with Crippen molar-refractivity contribution >= 4 is 34.0 Å². The zero-order chi connectivity index (χ0) is 16.8. The fourth-order valence-corrected chi connectivity index (χ4v) is 3.40. The molecule has 0 aliphatic rings. The number of carbonyl (C=O) groups is 1. The number of pyridine rings is 1. The molecule has 8 heteroatoms. The molecule has 7 nitrogen and oxygen atoms in total. The number of hydrogen-bond acceptors (Lipinski definition) is 6. The smallest absolute Gasteiger partial charge is 0.222 e. The van der Waals surface area contributed by atoms with Gasteiger partial charge in [0, 0.05) is 29.5 Å². The molecule has 0 bridgehead atoms. The van der Waals surface area contributed by atoms with Gasteiger partial charge in [-0.15, -0.1) is 0 Å². The summed E-state index contributed by atoms with van der Waals surface area (Å²) in [5.74, 6) is 0.278. The molecule has 3 rings (SSSR count). The minimum atomic E-state index is -1.01. The molecule has 1 amide bonds. The number of nitrogens with zero attached hydrogens (tertiary/aromatic N) is 4. The summed E-state index contributed by atoms with van der Waals surface area (Å²) >= 11 is 1.46. The van der Waals surface area contributed by atoms with Gasteiger partial charge in [0.05, 0.1) is 17.4 Å². The van der Waals surface area contributed by atoms with Gasteiger partial charge in [0.25, 0.3) is 0 Å². The highest BCUT2D eigenvalue weighted by Gasteiger charge is 2.24. The number of aromatic nitrogens is 4. The molecule has 23 heavy (non-hydrogen) atoms. The van der Waals surface area contributed by atoms with E-state index in [-0.39, 0.29) is 5.91 Å². The SMILES string of the molecule is CC(=O)Nc1cc2c(cn1)cnn2-c1nc(C(C)(C)O)c(C)s1. The molecule has 2 N–H and O–H groups in total. The quantitative estimate of drug-likeness (QED) is 0.768. The van der Waals surface area contributed by atoms with Crippen molar-refractivity contribution in [2.45, 2.75) is 33.3 Å². The largest absolute Gasteiger partial charge is 0.384 e. The zero-order valence-electron chi connectivity index (χ0n) is 13.3. The Balaban J connectivity index is 2.11. The Morgan fingerprint density at radius 1 is 1.39 bits per heavy atom. The van der Waals surface area contributed by atoms with Crippen LogP contribution in [-0.4, -0.2) is 30.8 Å². The Bertz CT molecular complexity index is 891. The summed E-state index contributed by atoms with van der Waals surface area (Å²) in [6.07, 6.45) is 3.35. The van der Waals surface area contributed by atoms with Gasteiger partial charge in [-0.3, -0.25) is 4.79 Å². The summed E-state index contributed by atoms with van der Waals surface area (Å²) < 4.78 is 1.69. The molecule has 0 radical (unpaired) electrons. The lowest BCUT2D eigenvalue weighted by molar-refractivity contribution is -0.114. The average Bonchev–Trinajstić information content (AvgIpc) is 3.00. The molecule has 0 atom stereocenters. The van der Waals surface area contributed by atoms with Crippen molar-refractivity contribution in [2.24, 2.45) is 0 Å². The minimum absolute atomic E-state index is 0.183. The van der Waals surface area contributed by atoms with Crippen molar-refractivity contribution in [3.63, 3.8) is 0 Å². The van der Waals surface area contributed by atoms with E-state index >= 15 is 0 Å². The molecule has 120 valence electrons. The first-order chi connectivity index (χ1) is 10.8. The van der Waals surface area contributed by atoms with E-state index < -0.39 is 5.60 Å². The summed E-state index contributed by atoms with van der Waals surface area (Å²) in [6.45, 7) is 6.77. The second kappa shape index (κ2) is 5.39. The lowest BCUT2D eigenvalue weighted by atomic mass is 10.1. The molecule has 0 unspecified atom stereocenters. The first-order valence-corrected chi connectivity index (χ1v) is 7.89. The summed E-state index contributed by atoms with van der Waals surface area (Å²) in [4.78, 5) is 20.8. The van der Waals surface area contributed by atoms with Gasteiger partial charge in [-0.25, -0.2) is 14.6 Å². The first kappa shape index (κ1) is 15.6. The third kappa shape index (κ3) is 2.95. The van der Waals surface area contributed by atoms with Crippen LogP contribution in [-0.2, 0) is 10.4 Å². The Morgan fingerprint density at radius 3 is 2.74 bits per heavy atom. The molecule has 0 fully saturated rings. The monoisotopic (exact) mass is 331 g/mol. The third-order valence-electron chi connectivity index (χ3n) is 3.30. The highest BCUT2D eigenvalue weighted by Crippen LogP contribution is 2.30. The van der Waals surface area contributed by atoms with E-state index in [1.165, 1.54) is 18.3 Å². The zero-order valence-corrected chi connectivity index (χ0v) is 14.1. The van der Waals surface area contributed by atoms with Crippen molar-refractivity contribution in [1.82, 2.24) is 19.7 Å². The molecular formula is C15H17N5O2S. The van der Waals surface area contributed by atoms with E-state index in [0.717, 1.165) is 15.8 Å². The van der Waals surface area contributed by atoms with Crippen LogP contribution in [0.3, 0.4) is 0 Å². The van der Waals surface area contributed by atoms with Gasteiger partial charge < -0.3 is 10.4 Å². The molecule has 0 saturated heterocycles. The Labute approximate surface area is 137 Å². The molecule has 3 heterocycles. The third-order valence-corrected chi connectivity index (χ3v) is 4.25. The maximum Gasteiger partial charge on any atom is 0.222 e. The molecule has 0 spiro atoms. The number of nitrogens with one attached hydrogen (secondary N) is 1.